The van der Waals surface area contributed by atoms with Crippen LogP contribution in [-0.2, 0) is 0 Å². The van der Waals surface area contributed by atoms with Crippen molar-refractivity contribution in [3.8, 4) is 16.9 Å². The SMILES string of the molecule is CCOc1cccc(-c2ccncc2N)c1. The number of hydrogen-bond acceptors (Lipinski definition) is 3. The van der Waals surface area contributed by atoms with E-state index in [0.29, 0.717) is 12.3 Å². The summed E-state index contributed by atoms with van der Waals surface area (Å²) in [6.45, 7) is 2.63. The monoisotopic (exact) mass is 214 g/mol. The smallest absolute Gasteiger partial charge is 0.119 e. The second-order valence-electron chi connectivity index (χ2n) is 3.42. The number of nitrogens with zero attached hydrogens (tertiary/aromatic N) is 1. The van der Waals surface area contributed by atoms with Gasteiger partial charge in [0.1, 0.15) is 5.75 Å². The van der Waals surface area contributed by atoms with Gasteiger partial charge in [-0.05, 0) is 30.7 Å². The Bertz CT molecular complexity index is 483. The van der Waals surface area contributed by atoms with Crippen molar-refractivity contribution in [1.29, 1.82) is 0 Å². The summed E-state index contributed by atoms with van der Waals surface area (Å²) in [5.41, 5.74) is 8.58. The first-order valence-corrected chi connectivity index (χ1v) is 5.24. The predicted molar refractivity (Wildman–Crippen MR) is 65.3 cm³/mol. The van der Waals surface area contributed by atoms with E-state index in [2.05, 4.69) is 4.98 Å². The molecule has 3 heteroatoms. The van der Waals surface area contributed by atoms with Crippen molar-refractivity contribution in [2.75, 3.05) is 12.3 Å². The van der Waals surface area contributed by atoms with Gasteiger partial charge in [-0.25, -0.2) is 0 Å². The van der Waals surface area contributed by atoms with Gasteiger partial charge in [0, 0.05) is 11.8 Å². The van der Waals surface area contributed by atoms with E-state index in [4.69, 9.17) is 10.5 Å². The van der Waals surface area contributed by atoms with Gasteiger partial charge >= 0.3 is 0 Å². The van der Waals surface area contributed by atoms with Crippen molar-refractivity contribution in [2.24, 2.45) is 0 Å². The molecule has 2 rings (SSSR count). The summed E-state index contributed by atoms with van der Waals surface area (Å²) >= 11 is 0. The number of pyridine rings is 1. The average Bonchev–Trinajstić information content (AvgIpc) is 2.30. The number of nitrogen functional groups attached to an aromatic ring is 1. The summed E-state index contributed by atoms with van der Waals surface area (Å²) in [7, 11) is 0. The van der Waals surface area contributed by atoms with Gasteiger partial charge in [-0.15, -0.1) is 0 Å². The molecule has 0 atom stereocenters. The first-order valence-electron chi connectivity index (χ1n) is 5.24. The zero-order valence-electron chi connectivity index (χ0n) is 9.18. The van der Waals surface area contributed by atoms with Gasteiger partial charge in [-0.1, -0.05) is 12.1 Å². The minimum Gasteiger partial charge on any atom is -0.494 e. The predicted octanol–water partition coefficient (Wildman–Crippen LogP) is 2.73. The average molecular weight is 214 g/mol. The quantitative estimate of drug-likeness (QED) is 0.854. The molecule has 82 valence electrons. The Kier molecular flexibility index (Phi) is 3.05. The van der Waals surface area contributed by atoms with Crippen LogP contribution in [-0.4, -0.2) is 11.6 Å². The van der Waals surface area contributed by atoms with E-state index in [1.165, 1.54) is 0 Å². The third kappa shape index (κ3) is 2.14. The topological polar surface area (TPSA) is 48.1 Å². The van der Waals surface area contributed by atoms with Gasteiger partial charge in [-0.3, -0.25) is 4.98 Å². The third-order valence-corrected chi connectivity index (χ3v) is 2.31. The number of benzene rings is 1. The first kappa shape index (κ1) is 10.5. The highest BCUT2D eigenvalue weighted by Crippen LogP contribution is 2.27. The molecule has 1 heterocycles. The fraction of sp³-hybridized carbons (Fsp3) is 0.154. The maximum absolute atomic E-state index is 5.87. The summed E-state index contributed by atoms with van der Waals surface area (Å²) in [5, 5.41) is 0. The zero-order chi connectivity index (χ0) is 11.4. The molecule has 2 N–H and O–H groups in total. The van der Waals surface area contributed by atoms with Crippen LogP contribution in [0.4, 0.5) is 5.69 Å². The fourth-order valence-corrected chi connectivity index (χ4v) is 1.59. The minimum absolute atomic E-state index is 0.662. The highest BCUT2D eigenvalue weighted by Gasteiger charge is 2.03. The van der Waals surface area contributed by atoms with Gasteiger partial charge in [0.2, 0.25) is 0 Å². The lowest BCUT2D eigenvalue weighted by Crippen LogP contribution is -1.93. The number of ether oxygens (including phenoxy) is 1. The van der Waals surface area contributed by atoms with Crippen LogP contribution in [0.15, 0.2) is 42.7 Å². The van der Waals surface area contributed by atoms with Crippen LogP contribution in [0.5, 0.6) is 5.75 Å². The van der Waals surface area contributed by atoms with Crippen LogP contribution in [0.3, 0.4) is 0 Å². The second kappa shape index (κ2) is 4.66. The van der Waals surface area contributed by atoms with Crippen molar-refractivity contribution >= 4 is 5.69 Å². The van der Waals surface area contributed by atoms with Crippen LogP contribution < -0.4 is 10.5 Å². The summed E-state index contributed by atoms with van der Waals surface area (Å²) in [4.78, 5) is 3.97. The van der Waals surface area contributed by atoms with E-state index in [1.54, 1.807) is 12.4 Å². The fourth-order valence-electron chi connectivity index (χ4n) is 1.59. The Morgan fingerprint density at radius 2 is 2.19 bits per heavy atom. The summed E-state index contributed by atoms with van der Waals surface area (Å²) in [6, 6.07) is 9.79. The molecule has 2 aromatic rings. The Hall–Kier alpha value is -2.03. The Morgan fingerprint density at radius 1 is 1.31 bits per heavy atom. The van der Waals surface area contributed by atoms with E-state index in [1.807, 2.05) is 37.3 Å². The second-order valence-corrected chi connectivity index (χ2v) is 3.42. The Morgan fingerprint density at radius 3 is 2.94 bits per heavy atom. The molecule has 0 spiro atoms. The van der Waals surface area contributed by atoms with E-state index in [-0.39, 0.29) is 0 Å². The number of anilines is 1. The third-order valence-electron chi connectivity index (χ3n) is 2.31. The molecule has 0 saturated heterocycles. The lowest BCUT2D eigenvalue weighted by atomic mass is 10.1. The molecule has 0 aliphatic rings. The number of hydrogen-bond donors (Lipinski definition) is 1. The van der Waals surface area contributed by atoms with E-state index >= 15 is 0 Å². The molecule has 16 heavy (non-hydrogen) atoms. The highest BCUT2D eigenvalue weighted by molar-refractivity contribution is 5.76. The molecule has 0 saturated carbocycles. The number of rotatable bonds is 3. The molecule has 0 aliphatic carbocycles. The van der Waals surface area contributed by atoms with Crippen molar-refractivity contribution in [3.05, 3.63) is 42.7 Å². The maximum Gasteiger partial charge on any atom is 0.119 e. The molecule has 1 aromatic carbocycles. The molecule has 3 nitrogen and oxygen atoms in total. The summed E-state index contributed by atoms with van der Waals surface area (Å²) in [6.07, 6.45) is 3.39. The number of nitrogens with two attached hydrogens (primary N) is 1. The first-order chi connectivity index (χ1) is 7.81. The Balaban J connectivity index is 2.40. The molecule has 0 unspecified atom stereocenters. The maximum atomic E-state index is 5.87. The van der Waals surface area contributed by atoms with Crippen LogP contribution in [0.25, 0.3) is 11.1 Å². The van der Waals surface area contributed by atoms with Crippen molar-refractivity contribution in [3.63, 3.8) is 0 Å². The van der Waals surface area contributed by atoms with Crippen molar-refractivity contribution < 1.29 is 4.74 Å². The van der Waals surface area contributed by atoms with Crippen molar-refractivity contribution in [1.82, 2.24) is 4.98 Å². The van der Waals surface area contributed by atoms with Gasteiger partial charge in [0.25, 0.3) is 0 Å². The molecular formula is C13H14N2O. The van der Waals surface area contributed by atoms with Gasteiger partial charge in [0.15, 0.2) is 0 Å². The molecule has 0 aliphatic heterocycles. The normalized spacial score (nSPS) is 10.1. The van der Waals surface area contributed by atoms with E-state index in [0.717, 1.165) is 16.9 Å². The van der Waals surface area contributed by atoms with Crippen LogP contribution in [0.2, 0.25) is 0 Å². The zero-order valence-corrected chi connectivity index (χ0v) is 9.18. The molecule has 0 amide bonds. The molecule has 0 fully saturated rings. The molecule has 1 aromatic heterocycles. The van der Waals surface area contributed by atoms with Gasteiger partial charge < -0.3 is 10.5 Å². The lowest BCUT2D eigenvalue weighted by Gasteiger charge is -2.07. The highest BCUT2D eigenvalue weighted by atomic mass is 16.5. The van der Waals surface area contributed by atoms with Crippen LogP contribution >= 0.6 is 0 Å². The molecule has 0 radical (unpaired) electrons. The van der Waals surface area contributed by atoms with Crippen molar-refractivity contribution in [2.45, 2.75) is 6.92 Å². The largest absolute Gasteiger partial charge is 0.494 e. The summed E-state index contributed by atoms with van der Waals surface area (Å²) in [5.74, 6) is 0.858. The molecule has 0 bridgehead atoms. The summed E-state index contributed by atoms with van der Waals surface area (Å²) < 4.78 is 5.45. The van der Waals surface area contributed by atoms with E-state index < -0.39 is 0 Å². The van der Waals surface area contributed by atoms with Crippen LogP contribution in [0.1, 0.15) is 6.92 Å². The lowest BCUT2D eigenvalue weighted by molar-refractivity contribution is 0.340. The number of aromatic nitrogens is 1. The van der Waals surface area contributed by atoms with Gasteiger partial charge in [-0.2, -0.15) is 0 Å². The van der Waals surface area contributed by atoms with Crippen LogP contribution in [0, 0.1) is 0 Å². The standard InChI is InChI=1S/C13H14N2O/c1-2-16-11-5-3-4-10(8-11)12-6-7-15-9-13(12)14/h3-9H,2,14H2,1H3. The van der Waals surface area contributed by atoms with Gasteiger partial charge in [0.05, 0.1) is 18.5 Å². The minimum atomic E-state index is 0.662. The molecular weight excluding hydrogens is 200 g/mol. The Labute approximate surface area is 94.9 Å². The van der Waals surface area contributed by atoms with E-state index in [9.17, 15) is 0 Å².